The van der Waals surface area contributed by atoms with E-state index in [1.807, 2.05) is 64.8 Å². The molecule has 0 bridgehead atoms. The van der Waals surface area contributed by atoms with Crippen LogP contribution in [0.4, 0.5) is 5.69 Å². The van der Waals surface area contributed by atoms with E-state index < -0.39 is 5.54 Å². The van der Waals surface area contributed by atoms with Crippen LogP contribution in [-0.2, 0) is 4.79 Å². The zero-order valence-electron chi connectivity index (χ0n) is 16.1. The van der Waals surface area contributed by atoms with Gasteiger partial charge < -0.3 is 9.32 Å². The summed E-state index contributed by atoms with van der Waals surface area (Å²) in [7, 11) is 1.91. The molecule has 1 atom stereocenters. The molecule has 1 aromatic heterocycles. The molecule has 4 heteroatoms. The van der Waals surface area contributed by atoms with Crippen molar-refractivity contribution in [3.05, 3.63) is 51.4 Å². The first-order chi connectivity index (χ1) is 12.1. The molecule has 2 aromatic carbocycles. The predicted molar refractivity (Wildman–Crippen MR) is 105 cm³/mol. The minimum atomic E-state index is -0.606. The second-order valence-electron chi connectivity index (χ2n) is 7.95. The highest BCUT2D eigenvalue weighted by Gasteiger charge is 2.43. The Morgan fingerprint density at radius 1 is 1.04 bits per heavy atom. The molecule has 26 heavy (non-hydrogen) atoms. The second-order valence-corrected chi connectivity index (χ2v) is 7.95. The van der Waals surface area contributed by atoms with Crippen molar-refractivity contribution in [3.8, 4) is 0 Å². The van der Waals surface area contributed by atoms with Crippen molar-refractivity contribution in [2.24, 2.45) is 0 Å². The third kappa shape index (κ3) is 2.02. The molecule has 4 nitrogen and oxygen atoms in total. The molecule has 4 rings (SSSR count). The highest BCUT2D eigenvalue weighted by molar-refractivity contribution is 6.11. The van der Waals surface area contributed by atoms with E-state index in [9.17, 15) is 9.59 Å². The monoisotopic (exact) mass is 349 g/mol. The van der Waals surface area contributed by atoms with Crippen LogP contribution >= 0.6 is 0 Å². The van der Waals surface area contributed by atoms with E-state index in [2.05, 4.69) is 6.07 Å². The molecule has 1 aliphatic rings. The van der Waals surface area contributed by atoms with Crippen molar-refractivity contribution in [1.82, 2.24) is 0 Å². The lowest BCUT2D eigenvalue weighted by atomic mass is 9.77. The Bertz CT molecular complexity index is 1150. The third-order valence-corrected chi connectivity index (χ3v) is 6.14. The topological polar surface area (TPSA) is 50.5 Å². The average Bonchev–Trinajstić information content (AvgIpc) is 2.59. The van der Waals surface area contributed by atoms with Crippen molar-refractivity contribution in [2.45, 2.75) is 46.1 Å². The quantitative estimate of drug-likeness (QED) is 0.444. The van der Waals surface area contributed by atoms with E-state index in [4.69, 9.17) is 4.42 Å². The molecule has 0 aliphatic carbocycles. The van der Waals surface area contributed by atoms with Crippen molar-refractivity contribution in [3.63, 3.8) is 0 Å². The highest BCUT2D eigenvalue weighted by atomic mass is 16.4. The van der Waals surface area contributed by atoms with Crippen LogP contribution in [0, 0.1) is 13.8 Å². The minimum Gasteiger partial charge on any atom is -0.422 e. The maximum absolute atomic E-state index is 13.0. The second kappa shape index (κ2) is 5.19. The average molecular weight is 349 g/mol. The number of nitrogens with zero attached hydrogens (tertiary/aromatic N) is 1. The summed E-state index contributed by atoms with van der Waals surface area (Å²) in [5.41, 5.74) is 3.54. The van der Waals surface area contributed by atoms with Gasteiger partial charge in [-0.25, -0.2) is 4.79 Å². The van der Waals surface area contributed by atoms with Crippen LogP contribution in [0.5, 0.6) is 0 Å². The van der Waals surface area contributed by atoms with Crippen LogP contribution in [0.3, 0.4) is 0 Å². The van der Waals surface area contributed by atoms with Crippen LogP contribution in [0.15, 0.2) is 33.5 Å². The molecule has 0 N–H and O–H groups in total. The SMILES string of the molecule is Cc1cc2oc(=O)c3c4c(ccc3c2cc1C)N(C)C(C)(C)C(=O)C4C. The molecule has 1 unspecified atom stereocenters. The molecule has 0 radical (unpaired) electrons. The predicted octanol–water partition coefficient (Wildman–Crippen LogP) is 4.46. The Balaban J connectivity index is 2.19. The Kier molecular flexibility index (Phi) is 3.36. The van der Waals surface area contributed by atoms with Crippen molar-refractivity contribution < 1.29 is 9.21 Å². The van der Waals surface area contributed by atoms with E-state index in [0.29, 0.717) is 11.0 Å². The minimum absolute atomic E-state index is 0.111. The number of benzene rings is 2. The van der Waals surface area contributed by atoms with Gasteiger partial charge in [-0.1, -0.05) is 13.0 Å². The summed E-state index contributed by atoms with van der Waals surface area (Å²) >= 11 is 0. The number of carbonyl (C=O) groups excluding carboxylic acids is 1. The van der Waals surface area contributed by atoms with Crippen LogP contribution in [0.1, 0.15) is 43.4 Å². The molecular formula is C22H23NO3. The Morgan fingerprint density at radius 3 is 2.38 bits per heavy atom. The Labute approximate surface area is 152 Å². The fourth-order valence-corrected chi connectivity index (χ4v) is 4.15. The summed E-state index contributed by atoms with van der Waals surface area (Å²) in [5, 5.41) is 2.30. The Hall–Kier alpha value is -2.62. The summed E-state index contributed by atoms with van der Waals surface area (Å²) in [6.45, 7) is 9.79. The van der Waals surface area contributed by atoms with Gasteiger partial charge in [0.1, 0.15) is 5.58 Å². The lowest BCUT2D eigenvalue weighted by Gasteiger charge is -2.44. The Morgan fingerprint density at radius 2 is 1.69 bits per heavy atom. The molecule has 2 heterocycles. The number of ketones is 1. The van der Waals surface area contributed by atoms with Crippen molar-refractivity contribution in [2.75, 3.05) is 11.9 Å². The first-order valence-corrected chi connectivity index (χ1v) is 8.93. The first kappa shape index (κ1) is 16.8. The molecule has 0 amide bonds. The molecule has 3 aromatic rings. The largest absolute Gasteiger partial charge is 0.422 e. The standard InChI is InChI=1S/C22H23NO3/c1-11-9-15-14-7-8-16-18(13(3)20(24)22(4,5)23(16)6)19(14)21(25)26-17(15)10-12(11)2/h7-10,13H,1-6H3. The molecule has 134 valence electrons. The number of hydrogen-bond donors (Lipinski definition) is 0. The number of rotatable bonds is 0. The van der Waals surface area contributed by atoms with Crippen LogP contribution in [0.25, 0.3) is 21.7 Å². The number of carbonyl (C=O) groups is 1. The van der Waals surface area contributed by atoms with Crippen molar-refractivity contribution >= 4 is 33.2 Å². The molecule has 1 aliphatic heterocycles. The zero-order chi connectivity index (χ0) is 19.0. The van der Waals surface area contributed by atoms with Gasteiger partial charge in [-0.15, -0.1) is 0 Å². The number of Topliss-reactive ketones (excluding diaryl/α,β-unsaturated/α-hetero) is 1. The van der Waals surface area contributed by atoms with Crippen molar-refractivity contribution in [1.29, 1.82) is 0 Å². The van der Waals surface area contributed by atoms with E-state index in [-0.39, 0.29) is 17.3 Å². The summed E-state index contributed by atoms with van der Waals surface area (Å²) in [6, 6.07) is 7.98. The van der Waals surface area contributed by atoms with Gasteiger partial charge in [-0.05, 0) is 57.0 Å². The van der Waals surface area contributed by atoms with Gasteiger partial charge in [0.2, 0.25) is 0 Å². The van der Waals surface area contributed by atoms with Gasteiger partial charge in [-0.2, -0.15) is 0 Å². The van der Waals surface area contributed by atoms with Gasteiger partial charge >= 0.3 is 5.63 Å². The van der Waals surface area contributed by atoms with Crippen LogP contribution < -0.4 is 10.5 Å². The third-order valence-electron chi connectivity index (χ3n) is 6.14. The first-order valence-electron chi connectivity index (χ1n) is 8.93. The number of likely N-dealkylation sites (N-methyl/N-ethyl adjacent to an activating group) is 1. The van der Waals surface area contributed by atoms with Crippen LogP contribution in [-0.4, -0.2) is 18.4 Å². The number of fused-ring (bicyclic) bond motifs is 5. The molecule has 0 fully saturated rings. The lowest BCUT2D eigenvalue weighted by Crippen LogP contribution is -2.53. The lowest BCUT2D eigenvalue weighted by molar-refractivity contribution is -0.124. The van der Waals surface area contributed by atoms with E-state index >= 15 is 0 Å². The van der Waals surface area contributed by atoms with Gasteiger partial charge in [0, 0.05) is 35.0 Å². The fourth-order valence-electron chi connectivity index (χ4n) is 4.15. The zero-order valence-corrected chi connectivity index (χ0v) is 16.1. The van der Waals surface area contributed by atoms with Gasteiger partial charge in [0.05, 0.1) is 10.9 Å². The summed E-state index contributed by atoms with van der Waals surface area (Å²) < 4.78 is 5.66. The molecular weight excluding hydrogens is 326 g/mol. The van der Waals surface area contributed by atoms with Crippen LogP contribution in [0.2, 0.25) is 0 Å². The number of anilines is 1. The molecule has 0 saturated heterocycles. The number of hydrogen-bond acceptors (Lipinski definition) is 4. The highest BCUT2D eigenvalue weighted by Crippen LogP contribution is 2.43. The molecule has 0 spiro atoms. The van der Waals surface area contributed by atoms with E-state index in [0.717, 1.165) is 33.2 Å². The maximum atomic E-state index is 13.0. The van der Waals surface area contributed by atoms with E-state index in [1.54, 1.807) is 0 Å². The molecule has 0 saturated carbocycles. The van der Waals surface area contributed by atoms with Gasteiger partial charge in [0.15, 0.2) is 5.78 Å². The smallest absolute Gasteiger partial charge is 0.344 e. The normalized spacial score (nSPS) is 19.2. The summed E-state index contributed by atoms with van der Waals surface area (Å²) in [6.07, 6.45) is 0. The fraction of sp³-hybridized carbons (Fsp3) is 0.364. The maximum Gasteiger partial charge on any atom is 0.344 e. The van der Waals surface area contributed by atoms with Gasteiger partial charge in [0.25, 0.3) is 0 Å². The summed E-state index contributed by atoms with van der Waals surface area (Å²) in [4.78, 5) is 27.8. The summed E-state index contributed by atoms with van der Waals surface area (Å²) in [5.74, 6) is -0.244. The van der Waals surface area contributed by atoms with E-state index in [1.165, 1.54) is 0 Å². The number of aryl methyl sites for hydroxylation is 2. The van der Waals surface area contributed by atoms with Gasteiger partial charge in [-0.3, -0.25) is 4.79 Å².